The number of hydrogen-bond donors (Lipinski definition) is 1. The summed E-state index contributed by atoms with van der Waals surface area (Å²) in [6.45, 7) is 0. The van der Waals surface area contributed by atoms with E-state index in [9.17, 15) is 0 Å². The first-order valence-corrected chi connectivity index (χ1v) is 20.6. The van der Waals surface area contributed by atoms with Crippen molar-refractivity contribution < 1.29 is 4.42 Å². The first-order valence-electron chi connectivity index (χ1n) is 20.6. The minimum Gasteiger partial charge on any atom is -0.435 e. The third kappa shape index (κ3) is 6.85. The second-order valence-corrected chi connectivity index (χ2v) is 15.2. The van der Waals surface area contributed by atoms with Crippen LogP contribution in [0.1, 0.15) is 0 Å². The van der Waals surface area contributed by atoms with Gasteiger partial charge in [0.25, 0.3) is 0 Å². The molecule has 2 heterocycles. The van der Waals surface area contributed by atoms with E-state index in [1.165, 1.54) is 0 Å². The Labute approximate surface area is 358 Å². The van der Waals surface area contributed by atoms with Crippen LogP contribution in [-0.2, 0) is 0 Å². The smallest absolute Gasteiger partial charge is 0.227 e. The molecule has 0 atom stereocenters. The molecule has 11 rings (SSSR count). The van der Waals surface area contributed by atoms with E-state index in [0.717, 1.165) is 94.3 Å². The topological polar surface area (TPSA) is 90.7 Å². The van der Waals surface area contributed by atoms with E-state index in [2.05, 4.69) is 127 Å². The predicted molar refractivity (Wildman–Crippen MR) is 253 cm³/mol. The van der Waals surface area contributed by atoms with Gasteiger partial charge in [0, 0.05) is 38.9 Å². The van der Waals surface area contributed by atoms with E-state index in [0.29, 0.717) is 23.4 Å². The molecule has 9 aromatic carbocycles. The number of benzene rings is 9. The fourth-order valence-electron chi connectivity index (χ4n) is 8.27. The highest BCUT2D eigenvalue weighted by Crippen LogP contribution is 2.40. The second kappa shape index (κ2) is 15.6. The summed E-state index contributed by atoms with van der Waals surface area (Å²) in [7, 11) is 0. The van der Waals surface area contributed by atoms with Crippen molar-refractivity contribution in [3.05, 3.63) is 212 Å². The number of anilines is 1. The molecule has 0 radical (unpaired) electrons. The van der Waals surface area contributed by atoms with Crippen LogP contribution in [-0.4, -0.2) is 19.9 Å². The molecule has 292 valence electrons. The first kappa shape index (κ1) is 36.6. The summed E-state index contributed by atoms with van der Waals surface area (Å²) in [5, 5.41) is 2.18. The van der Waals surface area contributed by atoms with Crippen LogP contribution in [0.4, 0.5) is 5.69 Å². The van der Waals surface area contributed by atoms with Crippen molar-refractivity contribution in [3.8, 4) is 90.1 Å². The summed E-state index contributed by atoms with van der Waals surface area (Å²) in [4.78, 5) is 20.0. The predicted octanol–water partition coefficient (Wildman–Crippen LogP) is 14.1. The van der Waals surface area contributed by atoms with Gasteiger partial charge in [-0.3, -0.25) is 0 Å². The molecule has 0 unspecified atom stereocenters. The van der Waals surface area contributed by atoms with Crippen LogP contribution in [0, 0.1) is 0 Å². The molecule has 11 aromatic rings. The lowest BCUT2D eigenvalue weighted by Crippen LogP contribution is -2.00. The van der Waals surface area contributed by atoms with Gasteiger partial charge >= 0.3 is 0 Å². The number of rotatable bonds is 8. The normalized spacial score (nSPS) is 11.3. The Bertz CT molecular complexity index is 3430. The number of para-hydroxylation sites is 1. The Morgan fingerprint density at radius 1 is 0.323 bits per heavy atom. The van der Waals surface area contributed by atoms with Gasteiger partial charge in [-0.25, -0.2) is 19.9 Å². The van der Waals surface area contributed by atoms with E-state index >= 15 is 0 Å². The molecule has 0 aliphatic rings. The lowest BCUT2D eigenvalue weighted by Gasteiger charge is -2.16. The summed E-state index contributed by atoms with van der Waals surface area (Å²) in [6, 6.07) is 72.6. The van der Waals surface area contributed by atoms with Gasteiger partial charge in [0.2, 0.25) is 5.89 Å². The minimum absolute atomic E-state index is 0.592. The van der Waals surface area contributed by atoms with Crippen molar-refractivity contribution >= 4 is 27.6 Å². The van der Waals surface area contributed by atoms with Crippen molar-refractivity contribution in [2.45, 2.75) is 0 Å². The highest BCUT2D eigenvalue weighted by atomic mass is 16.3. The fourth-order valence-corrected chi connectivity index (χ4v) is 8.27. The number of nitrogens with two attached hydrogens (primary N) is 1. The average molecular weight is 796 g/mol. The number of fused-ring (bicyclic) bond motifs is 3. The zero-order chi connectivity index (χ0) is 41.4. The van der Waals surface area contributed by atoms with Crippen molar-refractivity contribution in [2.75, 3.05) is 5.73 Å². The summed E-state index contributed by atoms with van der Waals surface area (Å²) in [5.74, 6) is 2.39. The number of aromatic nitrogens is 4. The molecule has 0 aliphatic heterocycles. The van der Waals surface area contributed by atoms with Crippen molar-refractivity contribution in [2.24, 2.45) is 0 Å². The quantitative estimate of drug-likeness (QED) is 0.154. The number of oxazole rings is 1. The molecule has 6 nitrogen and oxygen atoms in total. The SMILES string of the molecule is Nc1ccccc1-c1ccc(-c2nc(-c3ccccc3)nc(-c3cccc(-c4ccccc4-c4ccccc4-c4cccc(-c5nc6ccc7ccccc7c6o5)c4)c3)n2)cc1. The molecule has 6 heteroatoms. The maximum absolute atomic E-state index is 6.46. The standard InChI is InChI=1S/C56H37N5O/c57-50-27-11-10-23-46(50)37-28-30-39(31-29-37)54-59-53(38-15-2-1-3-16-38)60-55(61-54)42-19-12-17-40(34-42)44-21-6-8-25-48(44)49-26-9-7-22-45(49)41-18-13-20-43(35-41)56-58-51-33-32-36-14-4-5-24-47(36)52(51)62-56/h1-35H,57H2. The molecule has 0 bridgehead atoms. The monoisotopic (exact) mass is 795 g/mol. The Morgan fingerprint density at radius 2 is 0.806 bits per heavy atom. The van der Waals surface area contributed by atoms with Crippen LogP contribution in [0.3, 0.4) is 0 Å². The number of nitrogen functional groups attached to an aromatic ring is 1. The summed E-state index contributed by atoms with van der Waals surface area (Å²) in [5.41, 5.74) is 20.9. The average Bonchev–Trinajstić information content (AvgIpc) is 3.80. The van der Waals surface area contributed by atoms with Crippen molar-refractivity contribution in [1.29, 1.82) is 0 Å². The largest absolute Gasteiger partial charge is 0.435 e. The lowest BCUT2D eigenvalue weighted by atomic mass is 9.88. The van der Waals surface area contributed by atoms with Crippen LogP contribution >= 0.6 is 0 Å². The van der Waals surface area contributed by atoms with Gasteiger partial charge in [0.05, 0.1) is 0 Å². The molecular weight excluding hydrogens is 759 g/mol. The van der Waals surface area contributed by atoms with E-state index in [1.807, 2.05) is 84.9 Å². The van der Waals surface area contributed by atoms with E-state index < -0.39 is 0 Å². The Balaban J connectivity index is 0.972. The molecule has 0 fully saturated rings. The molecule has 2 aromatic heterocycles. The number of hydrogen-bond acceptors (Lipinski definition) is 6. The molecule has 2 N–H and O–H groups in total. The highest BCUT2D eigenvalue weighted by molar-refractivity contribution is 6.03. The maximum atomic E-state index is 6.46. The van der Waals surface area contributed by atoms with Gasteiger partial charge in [-0.2, -0.15) is 0 Å². The first-order chi connectivity index (χ1) is 30.6. The molecule has 0 saturated heterocycles. The Hall–Kier alpha value is -8.48. The van der Waals surface area contributed by atoms with Gasteiger partial charge in [-0.05, 0) is 74.7 Å². The minimum atomic E-state index is 0.592. The van der Waals surface area contributed by atoms with Crippen LogP contribution in [0.5, 0.6) is 0 Å². The van der Waals surface area contributed by atoms with Crippen LogP contribution in [0.2, 0.25) is 0 Å². The highest BCUT2D eigenvalue weighted by Gasteiger charge is 2.18. The summed E-state index contributed by atoms with van der Waals surface area (Å²) >= 11 is 0. The molecule has 62 heavy (non-hydrogen) atoms. The lowest BCUT2D eigenvalue weighted by molar-refractivity contribution is 0.623. The van der Waals surface area contributed by atoms with E-state index in [1.54, 1.807) is 0 Å². The zero-order valence-electron chi connectivity index (χ0n) is 33.5. The van der Waals surface area contributed by atoms with E-state index in [-0.39, 0.29) is 0 Å². The third-order valence-electron chi connectivity index (χ3n) is 11.4. The fraction of sp³-hybridized carbons (Fsp3) is 0. The van der Waals surface area contributed by atoms with Crippen molar-refractivity contribution in [3.63, 3.8) is 0 Å². The summed E-state index contributed by atoms with van der Waals surface area (Å²) in [6.07, 6.45) is 0. The third-order valence-corrected chi connectivity index (χ3v) is 11.4. The zero-order valence-corrected chi connectivity index (χ0v) is 33.5. The van der Waals surface area contributed by atoms with Gasteiger partial charge in [-0.15, -0.1) is 0 Å². The van der Waals surface area contributed by atoms with Gasteiger partial charge < -0.3 is 10.2 Å². The molecule has 0 spiro atoms. The van der Waals surface area contributed by atoms with Gasteiger partial charge in [0.15, 0.2) is 23.1 Å². The maximum Gasteiger partial charge on any atom is 0.227 e. The van der Waals surface area contributed by atoms with Crippen molar-refractivity contribution in [1.82, 2.24) is 19.9 Å². The Morgan fingerprint density at radius 3 is 1.48 bits per heavy atom. The Kier molecular flexibility index (Phi) is 9.21. The summed E-state index contributed by atoms with van der Waals surface area (Å²) < 4.78 is 6.46. The number of nitrogens with zero attached hydrogens (tertiary/aromatic N) is 4. The molecule has 0 saturated carbocycles. The van der Waals surface area contributed by atoms with Gasteiger partial charge in [-0.1, -0.05) is 182 Å². The van der Waals surface area contributed by atoms with Crippen LogP contribution < -0.4 is 5.73 Å². The molecular formula is C56H37N5O. The van der Waals surface area contributed by atoms with Gasteiger partial charge in [0.1, 0.15) is 5.52 Å². The van der Waals surface area contributed by atoms with Crippen LogP contribution in [0.25, 0.3) is 112 Å². The molecule has 0 amide bonds. The van der Waals surface area contributed by atoms with Crippen LogP contribution in [0.15, 0.2) is 217 Å². The van der Waals surface area contributed by atoms with E-state index in [4.69, 9.17) is 30.1 Å². The second-order valence-electron chi connectivity index (χ2n) is 15.2. The molecule has 0 aliphatic carbocycles.